The second kappa shape index (κ2) is 7.85. The highest BCUT2D eigenvalue weighted by molar-refractivity contribution is 9.10. The topological polar surface area (TPSA) is 41.6 Å². The van der Waals surface area contributed by atoms with Crippen molar-refractivity contribution in [3.05, 3.63) is 34.3 Å². The molecule has 1 unspecified atom stereocenters. The van der Waals surface area contributed by atoms with E-state index in [0.29, 0.717) is 19.8 Å². The highest BCUT2D eigenvalue weighted by Gasteiger charge is 2.24. The number of amides is 1. The average molecular weight is 350 g/mol. The summed E-state index contributed by atoms with van der Waals surface area (Å²) in [7, 11) is 1.82. The van der Waals surface area contributed by atoms with E-state index < -0.39 is 0 Å². The van der Waals surface area contributed by atoms with Crippen molar-refractivity contribution in [2.45, 2.75) is 12.6 Å². The highest BCUT2D eigenvalue weighted by Crippen LogP contribution is 2.13. The Hall–Kier alpha value is -0.620. The van der Waals surface area contributed by atoms with Gasteiger partial charge in [-0.25, -0.2) is 0 Å². The molecular formula is C13H18BrClN2O2. The first-order valence-corrected chi connectivity index (χ1v) is 6.76. The third-order valence-electron chi connectivity index (χ3n) is 2.90. The maximum atomic E-state index is 12.2. The molecule has 1 fully saturated rings. The van der Waals surface area contributed by atoms with E-state index in [4.69, 9.17) is 4.74 Å². The second-order valence-corrected chi connectivity index (χ2v) is 5.32. The maximum Gasteiger partial charge on any atom is 0.242 e. The lowest BCUT2D eigenvalue weighted by molar-refractivity contribution is -0.135. The summed E-state index contributed by atoms with van der Waals surface area (Å²) in [4.78, 5) is 13.9. The average Bonchev–Trinajstić information content (AvgIpc) is 2.39. The predicted octanol–water partition coefficient (Wildman–Crippen LogP) is 1.82. The van der Waals surface area contributed by atoms with Crippen molar-refractivity contribution in [2.24, 2.45) is 0 Å². The molecule has 2 rings (SSSR count). The summed E-state index contributed by atoms with van der Waals surface area (Å²) in [5.74, 6) is 0.0784. The van der Waals surface area contributed by atoms with Gasteiger partial charge in [-0.2, -0.15) is 0 Å². The Balaban J connectivity index is 0.00000180. The first kappa shape index (κ1) is 16.4. The molecule has 0 aliphatic carbocycles. The van der Waals surface area contributed by atoms with E-state index in [1.54, 1.807) is 4.90 Å². The fraction of sp³-hybridized carbons (Fsp3) is 0.462. The lowest BCUT2D eigenvalue weighted by Gasteiger charge is -2.27. The number of nitrogens with one attached hydrogen (secondary N) is 1. The Morgan fingerprint density at radius 3 is 3.00 bits per heavy atom. The Morgan fingerprint density at radius 1 is 1.58 bits per heavy atom. The molecule has 0 bridgehead atoms. The molecule has 1 saturated heterocycles. The molecule has 0 spiro atoms. The van der Waals surface area contributed by atoms with Gasteiger partial charge in [-0.1, -0.05) is 28.1 Å². The molecule has 0 radical (unpaired) electrons. The Labute approximate surface area is 128 Å². The summed E-state index contributed by atoms with van der Waals surface area (Å²) in [6.07, 6.45) is 0. The fourth-order valence-corrected chi connectivity index (χ4v) is 2.42. The standard InChI is InChI=1S/C13H17BrN2O2.ClH/c1-16(8-10-3-2-4-11(14)7-10)13(17)12-9-18-6-5-15-12;/h2-4,7,12,15H,5-6,8-9H2,1H3;1H. The van der Waals surface area contributed by atoms with Gasteiger partial charge in [-0.3, -0.25) is 4.79 Å². The Kier molecular flexibility index (Phi) is 6.79. The molecule has 4 nitrogen and oxygen atoms in total. The summed E-state index contributed by atoms with van der Waals surface area (Å²) >= 11 is 3.43. The van der Waals surface area contributed by atoms with E-state index in [1.165, 1.54) is 0 Å². The molecule has 1 amide bonds. The van der Waals surface area contributed by atoms with Crippen molar-refractivity contribution in [2.75, 3.05) is 26.8 Å². The predicted molar refractivity (Wildman–Crippen MR) is 80.5 cm³/mol. The highest BCUT2D eigenvalue weighted by atomic mass is 79.9. The van der Waals surface area contributed by atoms with Gasteiger partial charge in [0.1, 0.15) is 6.04 Å². The van der Waals surface area contributed by atoms with Gasteiger partial charge in [0.25, 0.3) is 0 Å². The molecule has 1 aromatic rings. The van der Waals surface area contributed by atoms with Gasteiger partial charge in [-0.05, 0) is 17.7 Å². The van der Waals surface area contributed by atoms with E-state index in [-0.39, 0.29) is 24.4 Å². The number of benzene rings is 1. The van der Waals surface area contributed by atoms with Crippen LogP contribution in [0.1, 0.15) is 5.56 Å². The van der Waals surface area contributed by atoms with Crippen molar-refractivity contribution in [1.29, 1.82) is 0 Å². The number of nitrogens with zero attached hydrogens (tertiary/aromatic N) is 1. The van der Waals surface area contributed by atoms with Crippen LogP contribution >= 0.6 is 28.3 Å². The fourth-order valence-electron chi connectivity index (χ4n) is 1.98. The number of carbonyl (C=O) groups excluding carboxylic acids is 1. The van der Waals surface area contributed by atoms with E-state index in [1.807, 2.05) is 31.3 Å². The summed E-state index contributed by atoms with van der Waals surface area (Å²) in [6.45, 7) is 2.48. The van der Waals surface area contributed by atoms with Crippen molar-refractivity contribution in [3.63, 3.8) is 0 Å². The van der Waals surface area contributed by atoms with E-state index in [0.717, 1.165) is 16.6 Å². The molecule has 1 heterocycles. The van der Waals surface area contributed by atoms with E-state index >= 15 is 0 Å². The Morgan fingerprint density at radius 2 is 2.37 bits per heavy atom. The molecule has 0 saturated carbocycles. The lowest BCUT2D eigenvalue weighted by Crippen LogP contribution is -2.51. The van der Waals surface area contributed by atoms with Crippen LogP contribution in [-0.4, -0.2) is 43.7 Å². The third kappa shape index (κ3) is 4.76. The minimum atomic E-state index is -0.212. The molecule has 1 aliphatic rings. The zero-order valence-electron chi connectivity index (χ0n) is 10.8. The van der Waals surface area contributed by atoms with Gasteiger partial charge in [0.05, 0.1) is 13.2 Å². The van der Waals surface area contributed by atoms with Gasteiger partial charge in [0.15, 0.2) is 0 Å². The molecule has 1 atom stereocenters. The number of carbonyl (C=O) groups is 1. The number of halogens is 2. The minimum Gasteiger partial charge on any atom is -0.378 e. The van der Waals surface area contributed by atoms with E-state index in [9.17, 15) is 4.79 Å². The van der Waals surface area contributed by atoms with Crippen LogP contribution in [0.25, 0.3) is 0 Å². The van der Waals surface area contributed by atoms with Crippen molar-refractivity contribution in [3.8, 4) is 0 Å². The van der Waals surface area contributed by atoms with Crippen LogP contribution in [-0.2, 0) is 16.1 Å². The molecule has 106 valence electrons. The molecule has 0 aromatic heterocycles. The van der Waals surface area contributed by atoms with Crippen LogP contribution in [0.3, 0.4) is 0 Å². The number of ether oxygens (including phenoxy) is 1. The van der Waals surface area contributed by atoms with Crippen molar-refractivity contribution < 1.29 is 9.53 Å². The van der Waals surface area contributed by atoms with E-state index in [2.05, 4.69) is 21.2 Å². The molecule has 6 heteroatoms. The van der Waals surface area contributed by atoms with Crippen molar-refractivity contribution >= 4 is 34.2 Å². The molecular weight excluding hydrogens is 332 g/mol. The summed E-state index contributed by atoms with van der Waals surface area (Å²) < 4.78 is 6.33. The first-order chi connectivity index (χ1) is 8.66. The zero-order valence-corrected chi connectivity index (χ0v) is 13.2. The normalized spacial score (nSPS) is 18.5. The monoisotopic (exact) mass is 348 g/mol. The van der Waals surface area contributed by atoms with Gasteiger partial charge in [0.2, 0.25) is 5.91 Å². The molecule has 19 heavy (non-hydrogen) atoms. The first-order valence-electron chi connectivity index (χ1n) is 5.97. The number of hydrogen-bond acceptors (Lipinski definition) is 3. The van der Waals surface area contributed by atoms with Crippen LogP contribution < -0.4 is 5.32 Å². The minimum absolute atomic E-state index is 0. The summed E-state index contributed by atoms with van der Waals surface area (Å²) in [5.41, 5.74) is 1.11. The van der Waals surface area contributed by atoms with Crippen LogP contribution in [0.2, 0.25) is 0 Å². The molecule has 1 aromatic carbocycles. The smallest absolute Gasteiger partial charge is 0.242 e. The molecule has 1 N–H and O–H groups in total. The SMILES string of the molecule is CN(Cc1cccc(Br)c1)C(=O)C1COCCN1.Cl. The largest absolute Gasteiger partial charge is 0.378 e. The Bertz CT molecular complexity index is 425. The maximum absolute atomic E-state index is 12.2. The van der Waals surface area contributed by atoms with Crippen LogP contribution in [0.15, 0.2) is 28.7 Å². The van der Waals surface area contributed by atoms with Crippen LogP contribution in [0, 0.1) is 0 Å². The third-order valence-corrected chi connectivity index (χ3v) is 3.40. The van der Waals surface area contributed by atoms with Crippen molar-refractivity contribution in [1.82, 2.24) is 10.2 Å². The number of morpholine rings is 1. The zero-order chi connectivity index (χ0) is 13.0. The van der Waals surface area contributed by atoms with Crippen LogP contribution in [0.4, 0.5) is 0 Å². The number of rotatable bonds is 3. The van der Waals surface area contributed by atoms with Crippen LogP contribution in [0.5, 0.6) is 0 Å². The number of hydrogen-bond donors (Lipinski definition) is 1. The summed E-state index contributed by atoms with van der Waals surface area (Å²) in [5, 5.41) is 3.17. The second-order valence-electron chi connectivity index (χ2n) is 4.41. The number of likely N-dealkylation sites (N-methyl/N-ethyl adjacent to an activating group) is 1. The quantitative estimate of drug-likeness (QED) is 0.905. The summed E-state index contributed by atoms with van der Waals surface area (Å²) in [6, 6.07) is 7.77. The van der Waals surface area contributed by atoms with Gasteiger partial charge < -0.3 is 15.0 Å². The van der Waals surface area contributed by atoms with Gasteiger partial charge in [-0.15, -0.1) is 12.4 Å². The molecule has 1 aliphatic heterocycles. The van der Waals surface area contributed by atoms with Gasteiger partial charge in [0, 0.05) is 24.6 Å². The lowest BCUT2D eigenvalue weighted by atomic mass is 10.2. The van der Waals surface area contributed by atoms with Gasteiger partial charge >= 0.3 is 0 Å².